The normalized spacial score (nSPS) is 52.5. The Bertz CT molecular complexity index is 802. The molecule has 4 nitrogen and oxygen atoms in total. The van der Waals surface area contributed by atoms with E-state index in [0.29, 0.717) is 19.3 Å². The van der Waals surface area contributed by atoms with Gasteiger partial charge in [0.05, 0.1) is 6.10 Å². The van der Waals surface area contributed by atoms with Crippen LogP contribution in [0.5, 0.6) is 0 Å². The number of fused-ring (bicyclic) bond motifs is 5. The second kappa shape index (κ2) is 5.85. The summed E-state index contributed by atoms with van der Waals surface area (Å²) in [6.45, 7) is 7.26. The third-order valence-electron chi connectivity index (χ3n) is 8.97. The van der Waals surface area contributed by atoms with Crippen LogP contribution >= 0.6 is 0 Å². The number of hydrogen-bond acceptors (Lipinski definition) is 4. The lowest BCUT2D eigenvalue weighted by molar-refractivity contribution is -0.218. The van der Waals surface area contributed by atoms with Crippen LogP contribution in [-0.2, 0) is 9.59 Å². The largest absolute Gasteiger partial charge is 0.390 e. The van der Waals surface area contributed by atoms with Gasteiger partial charge in [0, 0.05) is 23.2 Å². The Labute approximate surface area is 165 Å². The molecule has 2 N–H and O–H groups in total. The number of hydrogen-bond donors (Lipinski definition) is 2. The van der Waals surface area contributed by atoms with Gasteiger partial charge in [0.1, 0.15) is 5.60 Å². The minimum absolute atomic E-state index is 0.0436. The number of allylic oxidation sites excluding steroid dienone is 4. The molecule has 0 spiro atoms. The number of ketones is 2. The molecule has 0 aromatic heterocycles. The third-order valence-corrected chi connectivity index (χ3v) is 8.97. The van der Waals surface area contributed by atoms with Crippen molar-refractivity contribution in [3.05, 3.63) is 23.8 Å². The van der Waals surface area contributed by atoms with E-state index in [2.05, 4.69) is 0 Å². The van der Waals surface area contributed by atoms with Crippen LogP contribution < -0.4 is 0 Å². The molecule has 0 radical (unpaired) electrons. The molecule has 4 aliphatic carbocycles. The number of alkyl halides is 1. The van der Waals surface area contributed by atoms with Gasteiger partial charge in [0.15, 0.2) is 17.2 Å². The zero-order valence-corrected chi connectivity index (χ0v) is 17.2. The highest BCUT2D eigenvalue weighted by atomic mass is 19.1. The van der Waals surface area contributed by atoms with Gasteiger partial charge in [-0.2, -0.15) is 0 Å². The Hall–Kier alpha value is -1.33. The molecule has 154 valence electrons. The standard InChI is InChI=1S/C23H31FO4/c1-5-18(26)23(28)13(2)10-17-16-7-6-14-11-15(25)8-9-20(14,3)22(16,24)19(27)12-21(17,23)4/h8-9,11,13,16-17,19,27-28H,5-7,10,12H2,1-4H3/t13-,16-,17-,19?,20-,21-,22+,23-/m0/s1. The van der Waals surface area contributed by atoms with Crippen LogP contribution in [-0.4, -0.2) is 39.2 Å². The number of halogens is 1. The summed E-state index contributed by atoms with van der Waals surface area (Å²) in [7, 11) is 0. The Morgan fingerprint density at radius 1 is 1.32 bits per heavy atom. The second-order valence-electron chi connectivity index (χ2n) is 9.94. The van der Waals surface area contributed by atoms with Crippen molar-refractivity contribution in [2.24, 2.45) is 28.6 Å². The summed E-state index contributed by atoms with van der Waals surface area (Å²) in [6, 6.07) is 0. The molecule has 0 saturated heterocycles. The van der Waals surface area contributed by atoms with E-state index in [9.17, 15) is 19.8 Å². The molecule has 0 heterocycles. The number of aliphatic hydroxyl groups excluding tert-OH is 1. The number of Topliss-reactive ketones (excluding diaryl/α,β-unsaturated/α-hetero) is 1. The molecule has 4 aliphatic rings. The van der Waals surface area contributed by atoms with Gasteiger partial charge < -0.3 is 10.2 Å². The summed E-state index contributed by atoms with van der Waals surface area (Å²) in [5, 5.41) is 22.7. The molecule has 1 unspecified atom stereocenters. The molecule has 28 heavy (non-hydrogen) atoms. The summed E-state index contributed by atoms with van der Waals surface area (Å²) < 4.78 is 16.9. The molecular formula is C23H31FO4. The van der Waals surface area contributed by atoms with E-state index < -0.39 is 34.1 Å². The lowest BCUT2D eigenvalue weighted by Gasteiger charge is -2.62. The van der Waals surface area contributed by atoms with Crippen LogP contribution in [0.3, 0.4) is 0 Å². The molecule has 0 amide bonds. The zero-order valence-electron chi connectivity index (χ0n) is 17.2. The molecule has 4 rings (SSSR count). The minimum atomic E-state index is -1.92. The molecule has 0 aliphatic heterocycles. The first-order valence-corrected chi connectivity index (χ1v) is 10.5. The van der Waals surface area contributed by atoms with Crippen molar-refractivity contribution < 1.29 is 24.2 Å². The number of carbonyl (C=O) groups excluding carboxylic acids is 2. The Kier molecular flexibility index (Phi) is 4.17. The highest BCUT2D eigenvalue weighted by molar-refractivity contribution is 6.01. The van der Waals surface area contributed by atoms with Gasteiger partial charge in [0.2, 0.25) is 0 Å². The summed E-state index contributed by atoms with van der Waals surface area (Å²) in [5.41, 5.74) is -4.61. The second-order valence-corrected chi connectivity index (χ2v) is 9.94. The molecule has 5 heteroatoms. The Morgan fingerprint density at radius 3 is 2.64 bits per heavy atom. The molecule has 0 aromatic carbocycles. The van der Waals surface area contributed by atoms with Gasteiger partial charge >= 0.3 is 0 Å². The quantitative estimate of drug-likeness (QED) is 0.759. The van der Waals surface area contributed by atoms with E-state index in [1.807, 2.05) is 13.8 Å². The van der Waals surface area contributed by atoms with E-state index in [1.165, 1.54) is 12.2 Å². The van der Waals surface area contributed by atoms with Crippen molar-refractivity contribution in [3.63, 3.8) is 0 Å². The first kappa shape index (κ1) is 20.0. The third kappa shape index (κ3) is 2.02. The van der Waals surface area contributed by atoms with Crippen molar-refractivity contribution in [1.82, 2.24) is 0 Å². The maximum atomic E-state index is 16.9. The highest BCUT2D eigenvalue weighted by Crippen LogP contribution is 2.70. The summed E-state index contributed by atoms with van der Waals surface area (Å²) in [6.07, 6.45) is 5.18. The topological polar surface area (TPSA) is 74.6 Å². The average molecular weight is 390 g/mol. The van der Waals surface area contributed by atoms with Crippen molar-refractivity contribution in [2.75, 3.05) is 0 Å². The fourth-order valence-corrected chi connectivity index (χ4v) is 7.41. The maximum Gasteiger partial charge on any atom is 0.178 e. The van der Waals surface area contributed by atoms with Crippen molar-refractivity contribution in [2.45, 2.75) is 77.2 Å². The predicted octanol–water partition coefficient (Wildman–Crippen LogP) is 3.31. The molecule has 3 saturated carbocycles. The van der Waals surface area contributed by atoms with E-state index in [-0.39, 0.29) is 36.2 Å². The van der Waals surface area contributed by atoms with Crippen LogP contribution in [0, 0.1) is 28.6 Å². The Morgan fingerprint density at radius 2 is 2.00 bits per heavy atom. The van der Waals surface area contributed by atoms with Crippen LogP contribution in [0.1, 0.15) is 59.8 Å². The average Bonchev–Trinajstić information content (AvgIpc) is 2.84. The van der Waals surface area contributed by atoms with E-state index in [0.717, 1.165) is 5.57 Å². The monoisotopic (exact) mass is 390 g/mol. The van der Waals surface area contributed by atoms with Gasteiger partial charge in [-0.3, -0.25) is 9.59 Å². The van der Waals surface area contributed by atoms with Crippen molar-refractivity contribution in [3.8, 4) is 0 Å². The van der Waals surface area contributed by atoms with Gasteiger partial charge in [-0.25, -0.2) is 4.39 Å². The SMILES string of the molecule is CCC(=O)[C@@]1(O)[C@@H](C)C[C@H]2[C@@H]3CCC4=CC(=O)C=C[C@]4(C)[C@]3(F)C(O)C[C@@]21C. The fraction of sp³-hybridized carbons (Fsp3) is 0.739. The van der Waals surface area contributed by atoms with E-state index in [1.54, 1.807) is 19.9 Å². The summed E-state index contributed by atoms with van der Waals surface area (Å²) in [4.78, 5) is 24.7. The minimum Gasteiger partial charge on any atom is -0.390 e. The highest BCUT2D eigenvalue weighted by Gasteiger charge is 2.75. The first-order valence-electron chi connectivity index (χ1n) is 10.5. The van der Waals surface area contributed by atoms with Gasteiger partial charge in [0.25, 0.3) is 0 Å². The molecule has 0 aromatic rings. The lowest BCUT2D eigenvalue weighted by atomic mass is 9.44. The number of aliphatic hydroxyl groups is 2. The van der Waals surface area contributed by atoms with Crippen LogP contribution in [0.2, 0.25) is 0 Å². The van der Waals surface area contributed by atoms with Crippen LogP contribution in [0.15, 0.2) is 23.8 Å². The first-order chi connectivity index (χ1) is 13.0. The summed E-state index contributed by atoms with van der Waals surface area (Å²) >= 11 is 0. The van der Waals surface area contributed by atoms with E-state index in [4.69, 9.17) is 0 Å². The fourth-order valence-electron chi connectivity index (χ4n) is 7.41. The smallest absolute Gasteiger partial charge is 0.178 e. The maximum absolute atomic E-state index is 16.9. The van der Waals surface area contributed by atoms with Crippen LogP contribution in [0.25, 0.3) is 0 Å². The van der Waals surface area contributed by atoms with Crippen molar-refractivity contribution in [1.29, 1.82) is 0 Å². The number of rotatable bonds is 2. The van der Waals surface area contributed by atoms with Gasteiger partial charge in [-0.1, -0.05) is 32.4 Å². The van der Waals surface area contributed by atoms with Crippen LogP contribution in [0.4, 0.5) is 4.39 Å². The van der Waals surface area contributed by atoms with Gasteiger partial charge in [-0.15, -0.1) is 0 Å². The molecule has 8 atom stereocenters. The number of carbonyl (C=O) groups is 2. The molecule has 3 fully saturated rings. The van der Waals surface area contributed by atoms with Gasteiger partial charge in [-0.05, 0) is 56.6 Å². The van der Waals surface area contributed by atoms with Crippen molar-refractivity contribution >= 4 is 11.6 Å². The predicted molar refractivity (Wildman–Crippen MR) is 103 cm³/mol. The van der Waals surface area contributed by atoms with E-state index >= 15 is 4.39 Å². The molecule has 0 bridgehead atoms. The zero-order chi connectivity index (χ0) is 20.7. The lowest BCUT2D eigenvalue weighted by Crippen LogP contribution is -2.69. The Balaban J connectivity index is 1.84. The summed E-state index contributed by atoms with van der Waals surface area (Å²) in [5.74, 6) is -1.29. The molecular weight excluding hydrogens is 359 g/mol.